The van der Waals surface area contributed by atoms with Crippen LogP contribution in [0, 0.1) is 20.8 Å². The first kappa shape index (κ1) is 17.2. The molecule has 1 unspecified atom stereocenters. The number of aliphatic hydroxyl groups excluding tert-OH is 2. The zero-order chi connectivity index (χ0) is 17.0. The van der Waals surface area contributed by atoms with E-state index in [1.165, 1.54) is 4.68 Å². The lowest BCUT2D eigenvalue weighted by atomic mass is 10.0. The van der Waals surface area contributed by atoms with Gasteiger partial charge < -0.3 is 15.3 Å². The highest BCUT2D eigenvalue weighted by Crippen LogP contribution is 2.30. The lowest BCUT2D eigenvalue weighted by molar-refractivity contribution is 0.126. The van der Waals surface area contributed by atoms with Crippen molar-refractivity contribution >= 4 is 6.21 Å². The fourth-order valence-corrected chi connectivity index (χ4v) is 2.48. The number of hydrogen-bond donors (Lipinski definition) is 3. The smallest absolute Gasteiger partial charge is 0.177 e. The number of aromatic nitrogens is 2. The van der Waals surface area contributed by atoms with E-state index in [4.69, 9.17) is 5.11 Å². The molecule has 0 aliphatic carbocycles. The Morgan fingerprint density at radius 2 is 2.00 bits per heavy atom. The van der Waals surface area contributed by atoms with Crippen molar-refractivity contribution in [3.05, 3.63) is 46.3 Å². The van der Waals surface area contributed by atoms with Crippen LogP contribution in [0.4, 0.5) is 0 Å². The van der Waals surface area contributed by atoms with E-state index in [1.54, 1.807) is 18.3 Å². The van der Waals surface area contributed by atoms with Crippen LogP contribution in [-0.4, -0.2) is 44.5 Å². The third-order valence-corrected chi connectivity index (χ3v) is 3.54. The minimum absolute atomic E-state index is 0.0107. The van der Waals surface area contributed by atoms with Gasteiger partial charge in [0, 0.05) is 36.2 Å². The van der Waals surface area contributed by atoms with Crippen molar-refractivity contribution in [2.75, 3.05) is 13.2 Å². The van der Waals surface area contributed by atoms with Gasteiger partial charge in [-0.15, -0.1) is 0 Å². The summed E-state index contributed by atoms with van der Waals surface area (Å²) in [7, 11) is 0. The van der Waals surface area contributed by atoms with Gasteiger partial charge in [-0.3, -0.25) is 4.99 Å². The second-order valence-corrected chi connectivity index (χ2v) is 5.65. The first-order valence-corrected chi connectivity index (χ1v) is 7.59. The van der Waals surface area contributed by atoms with Crippen molar-refractivity contribution in [1.82, 2.24) is 9.78 Å². The average molecular weight is 317 g/mol. The number of aliphatic imine (C=N–C) groups is 1. The number of phenols is 1. The number of rotatable bonds is 6. The van der Waals surface area contributed by atoms with Crippen molar-refractivity contribution in [3.8, 4) is 5.75 Å². The Kier molecular flexibility index (Phi) is 5.52. The monoisotopic (exact) mass is 317 g/mol. The van der Waals surface area contributed by atoms with E-state index in [9.17, 15) is 10.2 Å². The van der Waals surface area contributed by atoms with Crippen molar-refractivity contribution in [3.63, 3.8) is 0 Å². The number of aliphatic hydroxyl groups is 2. The fourth-order valence-electron chi connectivity index (χ4n) is 2.48. The molecule has 0 amide bonds. The molecule has 1 atom stereocenters. The molecule has 0 aliphatic heterocycles. The standard InChI is InChI=1S/C17H23N3O3/c1-11-7-14(10-18-5-4-6-21)16(22)15(8-11)17(23)20-13(3)9-12(2)19-20/h7-10,17,21-23H,4-6H2,1-3H3. The van der Waals surface area contributed by atoms with Gasteiger partial charge in [-0.05, 0) is 51.0 Å². The summed E-state index contributed by atoms with van der Waals surface area (Å²) in [6.45, 7) is 6.17. The van der Waals surface area contributed by atoms with E-state index in [2.05, 4.69) is 10.1 Å². The van der Waals surface area contributed by atoms with Crippen molar-refractivity contribution < 1.29 is 15.3 Å². The molecule has 2 aromatic rings. The molecular weight excluding hydrogens is 294 g/mol. The molecule has 0 fully saturated rings. The Balaban J connectivity index is 2.37. The molecule has 0 radical (unpaired) electrons. The van der Waals surface area contributed by atoms with Crippen LogP contribution in [0.1, 0.15) is 40.7 Å². The van der Waals surface area contributed by atoms with Gasteiger partial charge in [0.2, 0.25) is 0 Å². The summed E-state index contributed by atoms with van der Waals surface area (Å²) >= 11 is 0. The predicted octanol–water partition coefficient (Wildman–Crippen LogP) is 1.85. The highest BCUT2D eigenvalue weighted by atomic mass is 16.3. The summed E-state index contributed by atoms with van der Waals surface area (Å²) in [5, 5.41) is 34.1. The highest BCUT2D eigenvalue weighted by Gasteiger charge is 2.19. The average Bonchev–Trinajstić information content (AvgIpc) is 2.84. The van der Waals surface area contributed by atoms with Gasteiger partial charge in [0.25, 0.3) is 0 Å². The lowest BCUT2D eigenvalue weighted by Gasteiger charge is -2.17. The Morgan fingerprint density at radius 1 is 1.26 bits per heavy atom. The number of hydrogen-bond acceptors (Lipinski definition) is 5. The maximum atomic E-state index is 10.6. The molecule has 0 saturated heterocycles. The topological polar surface area (TPSA) is 90.9 Å². The van der Waals surface area contributed by atoms with Crippen molar-refractivity contribution in [2.45, 2.75) is 33.4 Å². The molecule has 1 aromatic heterocycles. The Bertz CT molecular complexity index is 707. The summed E-state index contributed by atoms with van der Waals surface area (Å²) < 4.78 is 1.48. The molecule has 0 saturated carbocycles. The number of aryl methyl sites for hydroxylation is 3. The van der Waals surface area contributed by atoms with Gasteiger partial charge in [0.1, 0.15) is 5.75 Å². The zero-order valence-corrected chi connectivity index (χ0v) is 13.7. The Labute approximate surface area is 135 Å². The zero-order valence-electron chi connectivity index (χ0n) is 13.7. The van der Waals surface area contributed by atoms with Crippen LogP contribution in [0.3, 0.4) is 0 Å². The van der Waals surface area contributed by atoms with Crippen LogP contribution in [0.25, 0.3) is 0 Å². The maximum absolute atomic E-state index is 10.6. The normalized spacial score (nSPS) is 12.9. The molecule has 0 spiro atoms. The minimum Gasteiger partial charge on any atom is -0.507 e. The molecule has 0 aliphatic rings. The fraction of sp³-hybridized carbons (Fsp3) is 0.412. The van der Waals surface area contributed by atoms with E-state index in [0.717, 1.165) is 17.0 Å². The van der Waals surface area contributed by atoms with E-state index in [-0.39, 0.29) is 12.4 Å². The second-order valence-electron chi connectivity index (χ2n) is 5.65. The van der Waals surface area contributed by atoms with Crippen LogP contribution in [0.5, 0.6) is 5.75 Å². The van der Waals surface area contributed by atoms with Crippen molar-refractivity contribution in [2.24, 2.45) is 4.99 Å². The van der Waals surface area contributed by atoms with Crippen LogP contribution >= 0.6 is 0 Å². The largest absolute Gasteiger partial charge is 0.507 e. The molecule has 23 heavy (non-hydrogen) atoms. The Hall–Kier alpha value is -2.18. The van der Waals surface area contributed by atoms with E-state index in [0.29, 0.717) is 24.1 Å². The number of nitrogens with zero attached hydrogens (tertiary/aromatic N) is 3. The highest BCUT2D eigenvalue weighted by molar-refractivity contribution is 5.84. The summed E-state index contributed by atoms with van der Waals surface area (Å²) in [4.78, 5) is 4.18. The second kappa shape index (κ2) is 7.39. The van der Waals surface area contributed by atoms with Gasteiger partial charge in [-0.1, -0.05) is 0 Å². The van der Waals surface area contributed by atoms with Gasteiger partial charge >= 0.3 is 0 Å². The summed E-state index contributed by atoms with van der Waals surface area (Å²) in [6.07, 6.45) is 1.08. The quantitative estimate of drug-likeness (QED) is 0.560. The van der Waals surface area contributed by atoms with E-state index in [1.807, 2.05) is 26.8 Å². The molecule has 124 valence electrons. The Morgan fingerprint density at radius 3 is 2.61 bits per heavy atom. The number of phenolic OH excluding ortho intramolecular Hbond substituents is 1. The lowest BCUT2D eigenvalue weighted by Crippen LogP contribution is -2.14. The van der Waals surface area contributed by atoms with Crippen LogP contribution in [0.15, 0.2) is 23.2 Å². The molecule has 6 heteroatoms. The summed E-state index contributed by atoms with van der Waals surface area (Å²) in [5.74, 6) is -0.0107. The molecular formula is C17H23N3O3. The molecule has 0 bridgehead atoms. The SMILES string of the molecule is Cc1cc(C=NCCCO)c(O)c(C(O)n2nc(C)cc2C)c1. The van der Waals surface area contributed by atoms with E-state index < -0.39 is 6.23 Å². The van der Waals surface area contributed by atoms with Gasteiger partial charge in [-0.25, -0.2) is 4.68 Å². The first-order valence-electron chi connectivity index (χ1n) is 7.59. The molecule has 1 heterocycles. The van der Waals surface area contributed by atoms with E-state index >= 15 is 0 Å². The number of benzene rings is 1. The van der Waals surface area contributed by atoms with Gasteiger partial charge in [-0.2, -0.15) is 5.10 Å². The van der Waals surface area contributed by atoms with Crippen LogP contribution in [-0.2, 0) is 0 Å². The summed E-state index contributed by atoms with van der Waals surface area (Å²) in [5.41, 5.74) is 3.45. The third-order valence-electron chi connectivity index (χ3n) is 3.54. The first-order chi connectivity index (χ1) is 10.9. The van der Waals surface area contributed by atoms with Gasteiger partial charge in [0.15, 0.2) is 6.23 Å². The minimum atomic E-state index is -1.06. The summed E-state index contributed by atoms with van der Waals surface area (Å²) in [6, 6.07) is 5.41. The molecule has 3 N–H and O–H groups in total. The number of aromatic hydroxyl groups is 1. The third kappa shape index (κ3) is 3.97. The predicted molar refractivity (Wildman–Crippen MR) is 89.1 cm³/mol. The van der Waals surface area contributed by atoms with Crippen LogP contribution in [0.2, 0.25) is 0 Å². The molecule has 2 rings (SSSR count). The van der Waals surface area contributed by atoms with Crippen molar-refractivity contribution in [1.29, 1.82) is 0 Å². The maximum Gasteiger partial charge on any atom is 0.177 e. The van der Waals surface area contributed by atoms with Crippen LogP contribution < -0.4 is 0 Å². The molecule has 6 nitrogen and oxygen atoms in total. The molecule has 1 aromatic carbocycles. The van der Waals surface area contributed by atoms with Gasteiger partial charge in [0.05, 0.1) is 5.69 Å².